The van der Waals surface area contributed by atoms with Crippen LogP contribution >= 0.6 is 23.2 Å². The number of benzene rings is 2. The van der Waals surface area contributed by atoms with Gasteiger partial charge >= 0.3 is 0 Å². The summed E-state index contributed by atoms with van der Waals surface area (Å²) in [6, 6.07) is 14.1. The molecule has 0 radical (unpaired) electrons. The van der Waals surface area contributed by atoms with Crippen LogP contribution in [0.2, 0.25) is 10.0 Å². The highest BCUT2D eigenvalue weighted by Crippen LogP contribution is 2.26. The summed E-state index contributed by atoms with van der Waals surface area (Å²) in [7, 11) is 0. The van der Waals surface area contributed by atoms with Crippen LogP contribution in [0.15, 0.2) is 53.5 Å². The monoisotopic (exact) mass is 358 g/mol. The van der Waals surface area contributed by atoms with E-state index in [-0.39, 0.29) is 0 Å². The summed E-state index contributed by atoms with van der Waals surface area (Å²) in [5.74, 6) is 0. The Balaban J connectivity index is 1.92. The van der Waals surface area contributed by atoms with Gasteiger partial charge in [-0.15, -0.1) is 0 Å². The molecule has 0 amide bonds. The second kappa shape index (κ2) is 7.87. The van der Waals surface area contributed by atoms with E-state index < -0.39 is 0 Å². The Kier molecular flexibility index (Phi) is 5.60. The molecule has 0 aliphatic carbocycles. The third-order valence-electron chi connectivity index (χ3n) is 4.04. The van der Waals surface area contributed by atoms with Crippen LogP contribution in [0, 0.1) is 0 Å². The van der Waals surface area contributed by atoms with Gasteiger partial charge in [0.25, 0.3) is 0 Å². The van der Waals surface area contributed by atoms with E-state index in [1.54, 1.807) is 0 Å². The standard InChI is InChI=1S/C20H20Cl2N2/c1-2-12-24-13-11-23-19(16-5-3-4-6-20(16)24)10-8-15-7-9-17(21)18(22)14-15/h3-10,14H,2,11-13H2,1H3. The summed E-state index contributed by atoms with van der Waals surface area (Å²) in [5.41, 5.74) is 4.46. The predicted octanol–water partition coefficient (Wildman–Crippen LogP) is 5.73. The SMILES string of the molecule is CCCN1CCN=C(C=Cc2ccc(Cl)c(Cl)c2)c2ccccc21. The topological polar surface area (TPSA) is 15.6 Å². The van der Waals surface area contributed by atoms with Crippen LogP contribution < -0.4 is 4.90 Å². The lowest BCUT2D eigenvalue weighted by Gasteiger charge is -2.23. The van der Waals surface area contributed by atoms with Gasteiger partial charge < -0.3 is 4.90 Å². The third-order valence-corrected chi connectivity index (χ3v) is 4.78. The molecule has 0 atom stereocenters. The zero-order chi connectivity index (χ0) is 16.9. The molecular formula is C20H20Cl2N2. The van der Waals surface area contributed by atoms with Crippen LogP contribution in [-0.4, -0.2) is 25.3 Å². The lowest BCUT2D eigenvalue weighted by molar-refractivity contribution is 0.768. The molecule has 0 saturated heterocycles. The number of rotatable bonds is 4. The van der Waals surface area contributed by atoms with Crippen molar-refractivity contribution in [3.8, 4) is 0 Å². The first-order valence-corrected chi connectivity index (χ1v) is 8.96. The molecular weight excluding hydrogens is 339 g/mol. The molecule has 24 heavy (non-hydrogen) atoms. The van der Waals surface area contributed by atoms with Gasteiger partial charge in [0.2, 0.25) is 0 Å². The summed E-state index contributed by atoms with van der Waals surface area (Å²) in [4.78, 5) is 7.20. The Morgan fingerprint density at radius 1 is 1.08 bits per heavy atom. The van der Waals surface area contributed by atoms with Crippen molar-refractivity contribution in [3.05, 3.63) is 69.7 Å². The van der Waals surface area contributed by atoms with Gasteiger partial charge in [-0.3, -0.25) is 4.99 Å². The molecule has 0 fully saturated rings. The fraction of sp³-hybridized carbons (Fsp3) is 0.250. The van der Waals surface area contributed by atoms with Crippen molar-refractivity contribution in [1.29, 1.82) is 0 Å². The minimum absolute atomic E-state index is 0.566. The molecule has 0 N–H and O–H groups in total. The quantitative estimate of drug-likeness (QED) is 0.681. The molecule has 1 aliphatic rings. The highest BCUT2D eigenvalue weighted by Gasteiger charge is 2.15. The summed E-state index contributed by atoms with van der Waals surface area (Å²) in [5, 5.41) is 1.14. The number of benzodiazepines with no additional fused rings is 1. The molecule has 2 aromatic rings. The number of aliphatic imine (C=N–C) groups is 1. The molecule has 3 rings (SSSR count). The molecule has 0 unspecified atom stereocenters. The van der Waals surface area contributed by atoms with E-state index in [4.69, 9.17) is 28.2 Å². The zero-order valence-corrected chi connectivity index (χ0v) is 15.2. The number of fused-ring (bicyclic) bond motifs is 1. The largest absolute Gasteiger partial charge is 0.369 e. The fourth-order valence-corrected chi connectivity index (χ4v) is 3.21. The average Bonchev–Trinajstić information content (AvgIpc) is 2.76. The van der Waals surface area contributed by atoms with Crippen molar-refractivity contribution in [2.45, 2.75) is 13.3 Å². The minimum Gasteiger partial charge on any atom is -0.369 e. The molecule has 2 nitrogen and oxygen atoms in total. The van der Waals surface area contributed by atoms with Crippen LogP contribution in [0.5, 0.6) is 0 Å². The first kappa shape index (κ1) is 17.1. The number of hydrogen-bond acceptors (Lipinski definition) is 2. The predicted molar refractivity (Wildman–Crippen MR) is 106 cm³/mol. The van der Waals surface area contributed by atoms with Crippen LogP contribution in [0.1, 0.15) is 24.5 Å². The number of anilines is 1. The van der Waals surface area contributed by atoms with Gasteiger partial charge in [0.15, 0.2) is 0 Å². The minimum atomic E-state index is 0.566. The van der Waals surface area contributed by atoms with Gasteiger partial charge in [-0.2, -0.15) is 0 Å². The highest BCUT2D eigenvalue weighted by atomic mass is 35.5. The summed E-state index contributed by atoms with van der Waals surface area (Å²) in [6.07, 6.45) is 5.23. The van der Waals surface area contributed by atoms with Gasteiger partial charge in [-0.1, -0.05) is 60.5 Å². The molecule has 1 heterocycles. The highest BCUT2D eigenvalue weighted by molar-refractivity contribution is 6.42. The zero-order valence-electron chi connectivity index (χ0n) is 13.7. The van der Waals surface area contributed by atoms with Crippen LogP contribution in [0.4, 0.5) is 5.69 Å². The van der Waals surface area contributed by atoms with E-state index in [2.05, 4.69) is 42.2 Å². The van der Waals surface area contributed by atoms with Gasteiger partial charge in [0, 0.05) is 24.3 Å². The Morgan fingerprint density at radius 3 is 2.71 bits per heavy atom. The van der Waals surface area contributed by atoms with E-state index in [0.717, 1.165) is 37.3 Å². The van der Waals surface area contributed by atoms with Gasteiger partial charge in [-0.25, -0.2) is 0 Å². The number of allylic oxidation sites excluding steroid dienone is 1. The molecule has 0 aromatic heterocycles. The second-order valence-corrected chi connectivity index (χ2v) is 6.59. The van der Waals surface area contributed by atoms with E-state index in [9.17, 15) is 0 Å². The van der Waals surface area contributed by atoms with E-state index in [0.29, 0.717) is 10.0 Å². The Morgan fingerprint density at radius 2 is 1.92 bits per heavy atom. The summed E-state index contributed by atoms with van der Waals surface area (Å²) in [6.45, 7) is 5.01. The number of halogens is 2. The van der Waals surface area contributed by atoms with E-state index >= 15 is 0 Å². The van der Waals surface area contributed by atoms with Crippen molar-refractivity contribution in [3.63, 3.8) is 0 Å². The molecule has 4 heteroatoms. The third kappa shape index (κ3) is 3.82. The molecule has 0 bridgehead atoms. The Labute approximate surface area is 153 Å². The maximum absolute atomic E-state index is 6.09. The first-order chi connectivity index (χ1) is 11.7. The maximum atomic E-state index is 6.09. The maximum Gasteiger partial charge on any atom is 0.0668 e. The lowest BCUT2D eigenvalue weighted by atomic mass is 10.1. The van der Waals surface area contributed by atoms with Crippen molar-refractivity contribution >= 4 is 40.7 Å². The van der Waals surface area contributed by atoms with Gasteiger partial charge in [-0.05, 0) is 36.3 Å². The van der Waals surface area contributed by atoms with Crippen LogP contribution in [0.25, 0.3) is 6.08 Å². The number of hydrogen-bond donors (Lipinski definition) is 0. The average molecular weight is 359 g/mol. The van der Waals surface area contributed by atoms with Crippen LogP contribution in [0.3, 0.4) is 0 Å². The normalized spacial score (nSPS) is 14.5. The lowest BCUT2D eigenvalue weighted by Crippen LogP contribution is -2.26. The van der Waals surface area contributed by atoms with Gasteiger partial charge in [0.1, 0.15) is 0 Å². The molecule has 0 saturated carbocycles. The molecule has 124 valence electrons. The number of para-hydroxylation sites is 1. The molecule has 1 aliphatic heterocycles. The smallest absolute Gasteiger partial charge is 0.0668 e. The molecule has 2 aromatic carbocycles. The Bertz CT molecular complexity index is 781. The van der Waals surface area contributed by atoms with Gasteiger partial charge in [0.05, 0.1) is 22.3 Å². The Hall–Kier alpha value is -1.77. The fourth-order valence-electron chi connectivity index (χ4n) is 2.90. The second-order valence-electron chi connectivity index (χ2n) is 5.78. The van der Waals surface area contributed by atoms with Crippen molar-refractivity contribution in [2.24, 2.45) is 4.99 Å². The van der Waals surface area contributed by atoms with E-state index in [1.807, 2.05) is 24.3 Å². The van der Waals surface area contributed by atoms with Crippen molar-refractivity contribution < 1.29 is 0 Å². The summed E-state index contributed by atoms with van der Waals surface area (Å²) >= 11 is 12.1. The first-order valence-electron chi connectivity index (χ1n) is 8.21. The number of nitrogens with zero attached hydrogens (tertiary/aromatic N) is 2. The van der Waals surface area contributed by atoms with E-state index in [1.165, 1.54) is 11.3 Å². The van der Waals surface area contributed by atoms with Crippen LogP contribution in [-0.2, 0) is 0 Å². The summed E-state index contributed by atoms with van der Waals surface area (Å²) < 4.78 is 0. The molecule has 0 spiro atoms. The van der Waals surface area contributed by atoms with Crippen molar-refractivity contribution in [2.75, 3.05) is 24.5 Å². The van der Waals surface area contributed by atoms with Crippen molar-refractivity contribution in [1.82, 2.24) is 0 Å².